The third-order valence-electron chi connectivity index (χ3n) is 2.16. The highest BCUT2D eigenvalue weighted by atomic mass is 32.2. The lowest BCUT2D eigenvalue weighted by Gasteiger charge is -2.17. The molecule has 0 fully saturated rings. The molecule has 0 bridgehead atoms. The van der Waals surface area contributed by atoms with Gasteiger partial charge in [-0.15, -0.1) is 0 Å². The average Bonchev–Trinajstić information content (AvgIpc) is 2.18. The number of amides is 1. The zero-order valence-corrected chi connectivity index (χ0v) is 11.8. The zero-order valence-electron chi connectivity index (χ0n) is 11.0. The Kier molecular flexibility index (Phi) is 5.04. The van der Waals surface area contributed by atoms with E-state index in [0.29, 0.717) is 5.75 Å². The lowest BCUT2D eigenvalue weighted by Crippen LogP contribution is -2.39. The van der Waals surface area contributed by atoms with Gasteiger partial charge >= 0.3 is 0 Å². The van der Waals surface area contributed by atoms with E-state index in [1.807, 2.05) is 31.2 Å². The fourth-order valence-electron chi connectivity index (χ4n) is 1.45. The van der Waals surface area contributed by atoms with Crippen molar-refractivity contribution in [2.24, 2.45) is 5.73 Å². The molecule has 0 heterocycles. The zero-order chi connectivity index (χ0) is 13.8. The van der Waals surface area contributed by atoms with Crippen molar-refractivity contribution in [3.63, 3.8) is 0 Å². The van der Waals surface area contributed by atoms with Gasteiger partial charge in [-0.25, -0.2) is 0 Å². The van der Waals surface area contributed by atoms with Gasteiger partial charge in [0.2, 0.25) is 5.91 Å². The number of hydrogen-bond donors (Lipinski definition) is 2. The van der Waals surface area contributed by atoms with Gasteiger partial charge in [-0.3, -0.25) is 9.00 Å². The molecule has 0 aromatic heterocycles. The molecule has 1 aromatic carbocycles. The molecule has 0 aliphatic carbocycles. The lowest BCUT2D eigenvalue weighted by atomic mass is 10.1. The van der Waals surface area contributed by atoms with E-state index in [4.69, 9.17) is 5.73 Å². The molecular formula is C13H20N2O2S. The third-order valence-corrected chi connectivity index (χ3v) is 3.81. The summed E-state index contributed by atoms with van der Waals surface area (Å²) in [4.78, 5) is 11.6. The first-order valence-electron chi connectivity index (χ1n) is 5.77. The minimum Gasteiger partial charge on any atom is -0.325 e. The van der Waals surface area contributed by atoms with E-state index in [2.05, 4.69) is 5.32 Å². The number of nitrogens with one attached hydrogen (secondary N) is 1. The second-order valence-corrected chi connectivity index (χ2v) is 6.59. The van der Waals surface area contributed by atoms with Crippen LogP contribution >= 0.6 is 0 Å². The molecule has 0 saturated carbocycles. The van der Waals surface area contributed by atoms with E-state index in [-0.39, 0.29) is 11.7 Å². The molecule has 1 rings (SSSR count). The molecule has 1 unspecified atom stereocenters. The molecule has 1 aromatic rings. The molecule has 0 aliphatic rings. The molecule has 0 spiro atoms. The standard InChI is InChI=1S/C13H20N2O2S/c1-10-4-6-11(7-5-10)15-12(16)8-18(17)9-13(2,3)14/h4-7H,8-9,14H2,1-3H3,(H,15,16). The van der Waals surface area contributed by atoms with Crippen molar-refractivity contribution < 1.29 is 9.00 Å². The monoisotopic (exact) mass is 268 g/mol. The molecule has 0 aliphatic heterocycles. The van der Waals surface area contributed by atoms with Gasteiger partial charge in [-0.1, -0.05) is 17.7 Å². The summed E-state index contributed by atoms with van der Waals surface area (Å²) in [7, 11) is -1.23. The van der Waals surface area contributed by atoms with E-state index < -0.39 is 16.3 Å². The highest BCUT2D eigenvalue weighted by molar-refractivity contribution is 7.85. The fourth-order valence-corrected chi connectivity index (χ4v) is 2.74. The summed E-state index contributed by atoms with van der Waals surface area (Å²) in [6.45, 7) is 5.57. The first-order valence-corrected chi connectivity index (χ1v) is 7.25. The van der Waals surface area contributed by atoms with Gasteiger partial charge in [-0.2, -0.15) is 0 Å². The lowest BCUT2D eigenvalue weighted by molar-refractivity contribution is -0.113. The second kappa shape index (κ2) is 6.11. The molecule has 1 atom stereocenters. The minimum atomic E-state index is -1.23. The number of nitrogens with two attached hydrogens (primary N) is 1. The molecule has 0 saturated heterocycles. The van der Waals surface area contributed by atoms with Crippen molar-refractivity contribution in [1.29, 1.82) is 0 Å². The highest BCUT2D eigenvalue weighted by Gasteiger charge is 2.17. The number of aryl methyl sites for hydroxylation is 1. The maximum absolute atomic E-state index is 11.7. The van der Waals surface area contributed by atoms with Crippen molar-refractivity contribution in [1.82, 2.24) is 0 Å². The summed E-state index contributed by atoms with van der Waals surface area (Å²) < 4.78 is 11.7. The van der Waals surface area contributed by atoms with E-state index >= 15 is 0 Å². The Morgan fingerprint density at radius 2 is 1.89 bits per heavy atom. The Bertz CT molecular complexity index is 435. The summed E-state index contributed by atoms with van der Waals surface area (Å²) in [6, 6.07) is 7.47. The molecule has 3 N–H and O–H groups in total. The normalized spacial score (nSPS) is 13.1. The Morgan fingerprint density at radius 3 is 2.39 bits per heavy atom. The molecule has 100 valence electrons. The van der Waals surface area contributed by atoms with Crippen molar-refractivity contribution >= 4 is 22.4 Å². The van der Waals surface area contributed by atoms with Crippen LogP contribution in [0, 0.1) is 6.92 Å². The maximum Gasteiger partial charge on any atom is 0.236 e. The Balaban J connectivity index is 2.47. The van der Waals surface area contributed by atoms with Crippen LogP contribution in [0.4, 0.5) is 5.69 Å². The molecule has 18 heavy (non-hydrogen) atoms. The first-order chi connectivity index (χ1) is 8.26. The maximum atomic E-state index is 11.7. The van der Waals surface area contributed by atoms with E-state index in [1.165, 1.54) is 0 Å². The summed E-state index contributed by atoms with van der Waals surface area (Å²) in [6.07, 6.45) is 0. The van der Waals surface area contributed by atoms with Crippen LogP contribution in [-0.4, -0.2) is 27.2 Å². The Labute approximate surface area is 110 Å². The summed E-state index contributed by atoms with van der Waals surface area (Å²) in [5.74, 6) is 0.0458. The largest absolute Gasteiger partial charge is 0.325 e. The van der Waals surface area contributed by atoms with Crippen molar-refractivity contribution in [3.05, 3.63) is 29.8 Å². The number of carbonyl (C=O) groups is 1. The van der Waals surface area contributed by atoms with Crippen LogP contribution < -0.4 is 11.1 Å². The van der Waals surface area contributed by atoms with E-state index in [9.17, 15) is 9.00 Å². The SMILES string of the molecule is Cc1ccc(NC(=O)CS(=O)CC(C)(C)N)cc1. The topological polar surface area (TPSA) is 72.2 Å². The molecule has 1 amide bonds. The van der Waals surface area contributed by atoms with Gasteiger partial charge < -0.3 is 11.1 Å². The summed E-state index contributed by atoms with van der Waals surface area (Å²) in [5.41, 5.74) is 7.08. The van der Waals surface area contributed by atoms with E-state index in [1.54, 1.807) is 13.8 Å². The Hall–Kier alpha value is -1.20. The predicted molar refractivity (Wildman–Crippen MR) is 76.0 cm³/mol. The molecule has 5 heteroatoms. The van der Waals surface area contributed by atoms with Crippen molar-refractivity contribution in [3.8, 4) is 0 Å². The quantitative estimate of drug-likeness (QED) is 0.848. The van der Waals surface area contributed by atoms with Gasteiger partial charge in [0.15, 0.2) is 0 Å². The van der Waals surface area contributed by atoms with Crippen LogP contribution in [0.3, 0.4) is 0 Å². The van der Waals surface area contributed by atoms with Crippen molar-refractivity contribution in [2.75, 3.05) is 16.8 Å². The predicted octanol–water partition coefficient (Wildman–Crippen LogP) is 1.42. The fraction of sp³-hybridized carbons (Fsp3) is 0.462. The first kappa shape index (κ1) is 14.9. The number of carbonyl (C=O) groups excluding carboxylic acids is 1. The van der Waals surface area contributed by atoms with Gasteiger partial charge in [-0.05, 0) is 32.9 Å². The van der Waals surface area contributed by atoms with Gasteiger partial charge in [0.25, 0.3) is 0 Å². The van der Waals surface area contributed by atoms with Crippen molar-refractivity contribution in [2.45, 2.75) is 26.3 Å². The van der Waals surface area contributed by atoms with Crippen LogP contribution in [0.2, 0.25) is 0 Å². The molecule has 4 nitrogen and oxygen atoms in total. The number of benzene rings is 1. The highest BCUT2D eigenvalue weighted by Crippen LogP contribution is 2.08. The van der Waals surface area contributed by atoms with Gasteiger partial charge in [0, 0.05) is 27.8 Å². The third kappa shape index (κ3) is 5.93. The molecule has 0 radical (unpaired) electrons. The van der Waals surface area contributed by atoms with Crippen LogP contribution in [-0.2, 0) is 15.6 Å². The molecular weight excluding hydrogens is 248 g/mol. The number of rotatable bonds is 5. The summed E-state index contributed by atoms with van der Waals surface area (Å²) in [5, 5.41) is 2.71. The number of hydrogen-bond acceptors (Lipinski definition) is 3. The second-order valence-electron chi connectivity index (χ2n) is 5.13. The summed E-state index contributed by atoms with van der Waals surface area (Å²) >= 11 is 0. The smallest absolute Gasteiger partial charge is 0.236 e. The van der Waals surface area contributed by atoms with Crippen LogP contribution in [0.5, 0.6) is 0 Å². The van der Waals surface area contributed by atoms with Crippen LogP contribution in [0.25, 0.3) is 0 Å². The minimum absolute atomic E-state index is 0.0193. The van der Waals surface area contributed by atoms with Crippen LogP contribution in [0.15, 0.2) is 24.3 Å². The van der Waals surface area contributed by atoms with Crippen LogP contribution in [0.1, 0.15) is 19.4 Å². The Morgan fingerprint density at radius 1 is 1.33 bits per heavy atom. The van der Waals surface area contributed by atoms with Gasteiger partial charge in [0.1, 0.15) is 5.75 Å². The van der Waals surface area contributed by atoms with Gasteiger partial charge in [0.05, 0.1) is 0 Å². The number of anilines is 1. The average molecular weight is 268 g/mol. The van der Waals surface area contributed by atoms with E-state index in [0.717, 1.165) is 11.3 Å².